The minimum atomic E-state index is -1.18. The van der Waals surface area contributed by atoms with E-state index in [9.17, 15) is 14.0 Å². The van der Waals surface area contributed by atoms with E-state index in [0.29, 0.717) is 0 Å². The Balaban J connectivity index is 2.82. The molecule has 21 heavy (non-hydrogen) atoms. The summed E-state index contributed by atoms with van der Waals surface area (Å²) in [5.41, 5.74) is -0.715. The third-order valence-corrected chi connectivity index (χ3v) is 2.73. The number of carboxylic acids is 1. The molecule has 1 rings (SSSR count). The highest BCUT2D eigenvalue weighted by Gasteiger charge is 2.32. The molecule has 6 nitrogen and oxygen atoms in total. The van der Waals surface area contributed by atoms with Gasteiger partial charge in [-0.3, -0.25) is 0 Å². The van der Waals surface area contributed by atoms with Crippen LogP contribution in [0.2, 0.25) is 0 Å². The number of rotatable bonds is 3. The summed E-state index contributed by atoms with van der Waals surface area (Å²) in [5, 5.41) is 22.2. The number of nitrogens with zero attached hydrogens (tertiary/aromatic N) is 1. The molecule has 0 unspecified atom stereocenters. The highest BCUT2D eigenvalue weighted by molar-refractivity contribution is 5.92. The van der Waals surface area contributed by atoms with Gasteiger partial charge in [0, 0.05) is 0 Å². The van der Waals surface area contributed by atoms with Crippen molar-refractivity contribution in [2.75, 3.05) is 5.32 Å². The molecule has 0 aliphatic rings. The van der Waals surface area contributed by atoms with Crippen molar-refractivity contribution in [2.24, 2.45) is 5.41 Å². The van der Waals surface area contributed by atoms with Crippen molar-refractivity contribution in [1.29, 1.82) is 5.26 Å². The summed E-state index contributed by atoms with van der Waals surface area (Å²) in [6.45, 7) is 4.98. The first-order chi connectivity index (χ1) is 9.65. The maximum Gasteiger partial charge on any atom is 0.326 e. The van der Waals surface area contributed by atoms with Crippen molar-refractivity contribution in [1.82, 2.24) is 5.32 Å². The Labute approximate surface area is 121 Å². The second-order valence-electron chi connectivity index (χ2n) is 5.54. The average molecular weight is 293 g/mol. The first-order valence-electron chi connectivity index (χ1n) is 6.15. The number of urea groups is 1. The molecule has 0 fully saturated rings. The van der Waals surface area contributed by atoms with Crippen LogP contribution in [0.25, 0.3) is 0 Å². The minimum absolute atomic E-state index is 0.122. The van der Waals surface area contributed by atoms with Gasteiger partial charge in [0.1, 0.15) is 11.9 Å². The van der Waals surface area contributed by atoms with E-state index in [2.05, 4.69) is 10.6 Å². The van der Waals surface area contributed by atoms with Crippen molar-refractivity contribution in [3.63, 3.8) is 0 Å². The summed E-state index contributed by atoms with van der Waals surface area (Å²) in [6, 6.07) is 3.37. The lowest BCUT2D eigenvalue weighted by Crippen LogP contribution is -2.50. The maximum absolute atomic E-state index is 13.6. The van der Waals surface area contributed by atoms with Crippen molar-refractivity contribution in [2.45, 2.75) is 26.8 Å². The van der Waals surface area contributed by atoms with Gasteiger partial charge >= 0.3 is 12.0 Å². The zero-order valence-corrected chi connectivity index (χ0v) is 11.9. The number of nitriles is 1. The Morgan fingerprint density at radius 1 is 1.38 bits per heavy atom. The molecule has 112 valence electrons. The van der Waals surface area contributed by atoms with E-state index < -0.39 is 29.3 Å². The number of amides is 2. The van der Waals surface area contributed by atoms with Crippen molar-refractivity contribution in [3.8, 4) is 6.07 Å². The predicted octanol–water partition coefficient (Wildman–Crippen LogP) is 2.32. The van der Waals surface area contributed by atoms with Gasteiger partial charge in [0.2, 0.25) is 0 Å². The van der Waals surface area contributed by atoms with Crippen LogP contribution in [0.1, 0.15) is 26.3 Å². The van der Waals surface area contributed by atoms with Crippen LogP contribution in [-0.4, -0.2) is 23.1 Å². The summed E-state index contributed by atoms with van der Waals surface area (Å²) in [4.78, 5) is 22.9. The summed E-state index contributed by atoms with van der Waals surface area (Å²) < 4.78 is 13.6. The Morgan fingerprint density at radius 3 is 2.43 bits per heavy atom. The van der Waals surface area contributed by atoms with Crippen LogP contribution < -0.4 is 10.6 Å². The second-order valence-corrected chi connectivity index (χ2v) is 5.54. The normalized spacial score (nSPS) is 12.1. The molecule has 0 spiro atoms. The molecule has 1 aromatic rings. The number of nitrogens with one attached hydrogen (secondary N) is 2. The molecule has 0 aromatic heterocycles. The predicted molar refractivity (Wildman–Crippen MR) is 74.1 cm³/mol. The first-order valence-corrected chi connectivity index (χ1v) is 6.15. The van der Waals surface area contributed by atoms with Gasteiger partial charge in [0.15, 0.2) is 0 Å². The lowest BCUT2D eigenvalue weighted by molar-refractivity contribution is -0.141. The molecule has 0 heterocycles. The topological polar surface area (TPSA) is 102 Å². The minimum Gasteiger partial charge on any atom is -0.480 e. The zero-order chi connectivity index (χ0) is 16.2. The van der Waals surface area contributed by atoms with E-state index in [1.807, 2.05) is 0 Å². The van der Waals surface area contributed by atoms with Crippen LogP contribution in [0.5, 0.6) is 0 Å². The standard InChI is InChI=1S/C14H16FN3O3/c1-14(2,3)11(12(19)20)18-13(21)17-10-5-4-8(7-16)6-9(10)15/h4-6,11H,1-3H3,(H,19,20)(H2,17,18,21)/t11-/m1/s1. The van der Waals surface area contributed by atoms with E-state index in [1.165, 1.54) is 12.1 Å². The van der Waals surface area contributed by atoms with E-state index >= 15 is 0 Å². The molecule has 2 amide bonds. The molecular weight excluding hydrogens is 277 g/mol. The zero-order valence-electron chi connectivity index (χ0n) is 11.9. The molecule has 0 saturated heterocycles. The lowest BCUT2D eigenvalue weighted by atomic mass is 9.87. The summed E-state index contributed by atoms with van der Waals surface area (Å²) >= 11 is 0. The van der Waals surface area contributed by atoms with Crippen LogP contribution in [0.3, 0.4) is 0 Å². The number of anilines is 1. The van der Waals surface area contributed by atoms with Gasteiger partial charge < -0.3 is 15.7 Å². The highest BCUT2D eigenvalue weighted by atomic mass is 19.1. The lowest BCUT2D eigenvalue weighted by Gasteiger charge is -2.27. The monoisotopic (exact) mass is 293 g/mol. The number of hydrogen-bond acceptors (Lipinski definition) is 3. The van der Waals surface area contributed by atoms with E-state index in [1.54, 1.807) is 26.8 Å². The van der Waals surface area contributed by atoms with E-state index in [4.69, 9.17) is 10.4 Å². The Bertz CT molecular complexity index is 602. The van der Waals surface area contributed by atoms with Crippen molar-refractivity contribution in [3.05, 3.63) is 29.6 Å². The fraction of sp³-hybridized carbons (Fsp3) is 0.357. The van der Waals surface area contributed by atoms with Crippen molar-refractivity contribution >= 4 is 17.7 Å². The van der Waals surface area contributed by atoms with Gasteiger partial charge in [0.05, 0.1) is 17.3 Å². The van der Waals surface area contributed by atoms with Gasteiger partial charge in [-0.2, -0.15) is 5.26 Å². The molecular formula is C14H16FN3O3. The fourth-order valence-corrected chi connectivity index (χ4v) is 1.62. The highest BCUT2D eigenvalue weighted by Crippen LogP contribution is 2.20. The molecule has 0 bridgehead atoms. The molecule has 1 atom stereocenters. The van der Waals surface area contributed by atoms with Gasteiger partial charge in [-0.05, 0) is 23.6 Å². The summed E-state index contributed by atoms with van der Waals surface area (Å²) in [6.07, 6.45) is 0. The number of carbonyl (C=O) groups is 2. The average Bonchev–Trinajstić information content (AvgIpc) is 2.36. The van der Waals surface area contributed by atoms with Gasteiger partial charge in [0.25, 0.3) is 0 Å². The number of hydrogen-bond donors (Lipinski definition) is 3. The largest absolute Gasteiger partial charge is 0.480 e. The number of aliphatic carboxylic acids is 1. The van der Waals surface area contributed by atoms with Crippen LogP contribution in [-0.2, 0) is 4.79 Å². The van der Waals surface area contributed by atoms with Gasteiger partial charge in [-0.15, -0.1) is 0 Å². The van der Waals surface area contributed by atoms with Crippen LogP contribution >= 0.6 is 0 Å². The third-order valence-electron chi connectivity index (χ3n) is 2.73. The summed E-state index contributed by atoms with van der Waals surface area (Å²) in [7, 11) is 0. The third kappa shape index (κ3) is 4.45. The summed E-state index contributed by atoms with van der Waals surface area (Å²) in [5.74, 6) is -1.95. The molecule has 0 aliphatic carbocycles. The molecule has 0 aliphatic heterocycles. The van der Waals surface area contributed by atoms with Gasteiger partial charge in [-0.1, -0.05) is 20.8 Å². The van der Waals surface area contributed by atoms with E-state index in [0.717, 1.165) is 6.07 Å². The van der Waals surface area contributed by atoms with Crippen LogP contribution in [0.15, 0.2) is 18.2 Å². The number of carboxylic acid groups (broad SMARTS) is 1. The van der Waals surface area contributed by atoms with Crippen LogP contribution in [0, 0.1) is 22.6 Å². The first kappa shape index (κ1) is 16.4. The molecule has 7 heteroatoms. The van der Waals surface area contributed by atoms with Gasteiger partial charge in [-0.25, -0.2) is 14.0 Å². The van der Waals surface area contributed by atoms with E-state index in [-0.39, 0.29) is 11.3 Å². The molecule has 3 N–H and O–H groups in total. The Hall–Kier alpha value is -2.62. The second kappa shape index (κ2) is 6.22. The van der Waals surface area contributed by atoms with Crippen molar-refractivity contribution < 1.29 is 19.1 Å². The molecule has 0 radical (unpaired) electrons. The number of benzene rings is 1. The molecule has 0 saturated carbocycles. The smallest absolute Gasteiger partial charge is 0.326 e. The Morgan fingerprint density at radius 2 is 2.00 bits per heavy atom. The maximum atomic E-state index is 13.6. The quantitative estimate of drug-likeness (QED) is 0.795. The number of carbonyl (C=O) groups excluding carboxylic acids is 1. The van der Waals surface area contributed by atoms with Crippen LogP contribution in [0.4, 0.5) is 14.9 Å². The SMILES string of the molecule is CC(C)(C)[C@H](NC(=O)Nc1ccc(C#N)cc1F)C(=O)O. The molecule has 1 aromatic carbocycles. The Kier molecular flexibility index (Phi) is 4.87. The number of halogens is 1. The fourth-order valence-electron chi connectivity index (χ4n) is 1.62.